The zero-order chi connectivity index (χ0) is 16.2. The third-order valence-electron chi connectivity index (χ3n) is 2.42. The van der Waals surface area contributed by atoms with Crippen molar-refractivity contribution < 1.29 is 37.8 Å². The molecule has 2 aromatic rings. The van der Waals surface area contributed by atoms with Gasteiger partial charge in [0, 0.05) is 29.8 Å². The molecule has 1 aromatic carbocycles. The van der Waals surface area contributed by atoms with Crippen molar-refractivity contribution in [1.82, 2.24) is 0 Å². The molecule has 0 fully saturated rings. The Morgan fingerprint density at radius 1 is 1.10 bits per heavy atom. The highest BCUT2D eigenvalue weighted by molar-refractivity contribution is 7.02. The molecule has 0 saturated carbocycles. The van der Waals surface area contributed by atoms with Gasteiger partial charge in [-0.25, -0.2) is 18.6 Å². The van der Waals surface area contributed by atoms with Gasteiger partial charge in [0.15, 0.2) is 6.20 Å². The van der Waals surface area contributed by atoms with Crippen LogP contribution >= 0.6 is 11.5 Å². The normalized spacial score (nSPS) is 10.8. The first-order valence-electron chi connectivity index (χ1n) is 5.43. The minimum absolute atomic E-state index is 0.120. The molecule has 0 unspecified atom stereocenters. The van der Waals surface area contributed by atoms with Gasteiger partial charge in [-0.2, -0.15) is 0 Å². The molecule has 0 saturated heterocycles. The summed E-state index contributed by atoms with van der Waals surface area (Å²) in [5, 5.41) is 10.5. The van der Waals surface area contributed by atoms with Crippen LogP contribution in [0.4, 0.5) is 5.69 Å². The van der Waals surface area contributed by atoms with Gasteiger partial charge in [-0.3, -0.25) is 10.1 Å². The number of hydrogen-bond donors (Lipinski definition) is 0. The van der Waals surface area contributed by atoms with Crippen LogP contribution in [0.1, 0.15) is 10.4 Å². The summed E-state index contributed by atoms with van der Waals surface area (Å²) in [6, 6.07) is 6.56. The summed E-state index contributed by atoms with van der Waals surface area (Å²) in [4.78, 5) is 11.4. The molecule has 0 spiro atoms. The number of hydrogen-bond acceptors (Lipinski definition) is 7. The van der Waals surface area contributed by atoms with E-state index in [2.05, 4.69) is 6.92 Å². The summed E-state index contributed by atoms with van der Waals surface area (Å²) in [7, 11) is -4.94. The molecule has 0 atom stereocenters. The molecule has 2 rings (SSSR count). The number of nitrogens with zero attached hydrogens (tertiary/aromatic N) is 2. The van der Waals surface area contributed by atoms with Crippen LogP contribution in [0.2, 0.25) is 0 Å². The highest BCUT2D eigenvalue weighted by atomic mass is 35.7. The number of aromatic nitrogens is 1. The number of nitro benzene ring substituents is 1. The lowest BCUT2D eigenvalue weighted by atomic mass is 10.3. The highest BCUT2D eigenvalue weighted by Gasteiger charge is 2.14. The molecule has 21 heavy (non-hydrogen) atoms. The number of aryl methyl sites for hydroxylation is 2. The summed E-state index contributed by atoms with van der Waals surface area (Å²) in [6.07, 6.45) is 2.03. The molecule has 10 heteroatoms. The summed E-state index contributed by atoms with van der Waals surface area (Å²) < 4.78 is 36.0. The molecule has 114 valence electrons. The molecule has 1 aromatic heterocycles. The summed E-state index contributed by atoms with van der Waals surface area (Å²) in [5.41, 5.74) is 2.30. The fourth-order valence-electron chi connectivity index (χ4n) is 1.36. The maximum absolute atomic E-state index is 10.5. The Bertz CT molecular complexity index is 597. The van der Waals surface area contributed by atoms with Crippen LogP contribution < -0.4 is 22.6 Å². The zero-order valence-corrected chi connectivity index (χ0v) is 12.6. The van der Waals surface area contributed by atoms with Crippen LogP contribution in [0.5, 0.6) is 0 Å². The SMILES string of the molecule is Cc1c[n+](-c2ccc([N+](=O)[O-])cc2)sc1C.[O-][Cl+3]([O-])([O-])[O-]. The average Bonchev–Trinajstić information content (AvgIpc) is 2.68. The first kappa shape index (κ1) is 17.4. The van der Waals surface area contributed by atoms with Crippen LogP contribution in [0, 0.1) is 34.2 Å². The Hall–Kier alpha value is -1.62. The van der Waals surface area contributed by atoms with E-state index < -0.39 is 10.2 Å². The smallest absolute Gasteiger partial charge is 0.258 e. The van der Waals surface area contributed by atoms with Crippen molar-refractivity contribution in [3.05, 3.63) is 51.0 Å². The van der Waals surface area contributed by atoms with Gasteiger partial charge in [-0.15, -0.1) is 14.2 Å². The first-order valence-corrected chi connectivity index (χ1v) is 7.44. The molecule has 0 aliphatic carbocycles. The molecule has 0 bridgehead atoms. The Morgan fingerprint density at radius 3 is 1.90 bits per heavy atom. The van der Waals surface area contributed by atoms with Gasteiger partial charge in [-0.05, 0) is 13.8 Å². The van der Waals surface area contributed by atoms with Gasteiger partial charge >= 0.3 is 0 Å². The Morgan fingerprint density at radius 2 is 1.57 bits per heavy atom. The Labute approximate surface area is 126 Å². The molecule has 0 N–H and O–H groups in total. The van der Waals surface area contributed by atoms with Gasteiger partial charge in [-0.1, -0.05) is 0 Å². The van der Waals surface area contributed by atoms with E-state index in [1.807, 2.05) is 17.1 Å². The predicted molar refractivity (Wildman–Crippen MR) is 62.0 cm³/mol. The highest BCUT2D eigenvalue weighted by Crippen LogP contribution is 2.15. The van der Waals surface area contributed by atoms with E-state index in [1.54, 1.807) is 23.7 Å². The molecule has 0 amide bonds. The number of benzene rings is 1. The molecular formula is C11H11ClN2O6S. The van der Waals surface area contributed by atoms with Crippen LogP contribution in [0.25, 0.3) is 5.69 Å². The van der Waals surface area contributed by atoms with E-state index in [4.69, 9.17) is 18.6 Å². The average molecular weight is 335 g/mol. The lowest BCUT2D eigenvalue weighted by Crippen LogP contribution is -2.68. The van der Waals surface area contributed by atoms with Crippen molar-refractivity contribution in [2.45, 2.75) is 13.8 Å². The number of rotatable bonds is 2. The maximum atomic E-state index is 10.5. The fourth-order valence-corrected chi connectivity index (χ4v) is 2.29. The largest absolute Gasteiger partial charge is 0.269 e. The summed E-state index contributed by atoms with van der Waals surface area (Å²) in [5.74, 6) is 0. The van der Waals surface area contributed by atoms with Crippen molar-refractivity contribution in [1.29, 1.82) is 0 Å². The number of nitro groups is 1. The molecule has 1 heterocycles. The Kier molecular flexibility index (Phi) is 5.72. The second-order valence-corrected chi connectivity index (χ2v) is 5.88. The molecule has 8 nitrogen and oxygen atoms in total. The van der Waals surface area contributed by atoms with E-state index in [0.717, 1.165) is 5.69 Å². The summed E-state index contributed by atoms with van der Waals surface area (Å²) >= 11 is 1.63. The minimum Gasteiger partial charge on any atom is -0.258 e. The van der Waals surface area contributed by atoms with Crippen molar-refractivity contribution in [2.24, 2.45) is 0 Å². The molecular weight excluding hydrogens is 324 g/mol. The predicted octanol–water partition coefficient (Wildman–Crippen LogP) is -2.21. The lowest BCUT2D eigenvalue weighted by Gasteiger charge is -2.17. The molecule has 0 aliphatic rings. The lowest BCUT2D eigenvalue weighted by molar-refractivity contribution is -2.00. The van der Waals surface area contributed by atoms with Gasteiger partial charge in [0.1, 0.15) is 11.5 Å². The van der Waals surface area contributed by atoms with Gasteiger partial charge in [0.2, 0.25) is 5.69 Å². The number of non-ortho nitro benzene ring substituents is 1. The van der Waals surface area contributed by atoms with Crippen molar-refractivity contribution in [2.75, 3.05) is 0 Å². The quantitative estimate of drug-likeness (QED) is 0.346. The second kappa shape index (κ2) is 6.89. The third-order valence-corrected chi connectivity index (χ3v) is 3.53. The maximum Gasteiger partial charge on any atom is 0.269 e. The third kappa shape index (κ3) is 6.12. The monoisotopic (exact) mass is 334 g/mol. The van der Waals surface area contributed by atoms with E-state index in [1.165, 1.54) is 22.6 Å². The van der Waals surface area contributed by atoms with Crippen molar-refractivity contribution in [3.63, 3.8) is 0 Å². The topological polar surface area (TPSA) is 139 Å². The standard InChI is InChI=1S/C11H11N2O2S.ClHO4/c1-8-7-12(16-9(8)2)10-3-5-11(6-4-10)13(14)15;2-1(3,4)5/h3-7H,1-2H3;(H,2,3,4,5)/q+1;/p-1. The van der Waals surface area contributed by atoms with Gasteiger partial charge in [0.25, 0.3) is 5.69 Å². The molecule has 0 radical (unpaired) electrons. The minimum atomic E-state index is -4.94. The van der Waals surface area contributed by atoms with Gasteiger partial charge < -0.3 is 0 Å². The van der Waals surface area contributed by atoms with Crippen molar-refractivity contribution in [3.8, 4) is 5.69 Å². The van der Waals surface area contributed by atoms with Crippen LogP contribution in [0.3, 0.4) is 0 Å². The molecule has 0 aliphatic heterocycles. The van der Waals surface area contributed by atoms with Crippen LogP contribution in [-0.4, -0.2) is 4.92 Å². The van der Waals surface area contributed by atoms with Crippen LogP contribution in [-0.2, 0) is 0 Å². The zero-order valence-electron chi connectivity index (χ0n) is 11.0. The Balaban J connectivity index is 0.000000383. The fraction of sp³-hybridized carbons (Fsp3) is 0.182. The van der Waals surface area contributed by atoms with E-state index >= 15 is 0 Å². The van der Waals surface area contributed by atoms with E-state index in [9.17, 15) is 10.1 Å². The number of halogens is 1. The van der Waals surface area contributed by atoms with Crippen molar-refractivity contribution >= 4 is 17.2 Å². The van der Waals surface area contributed by atoms with E-state index in [0.29, 0.717) is 0 Å². The first-order chi connectivity index (χ1) is 9.58. The van der Waals surface area contributed by atoms with E-state index in [-0.39, 0.29) is 10.6 Å². The van der Waals surface area contributed by atoms with Crippen LogP contribution in [0.15, 0.2) is 30.5 Å². The second-order valence-electron chi connectivity index (χ2n) is 3.94. The summed E-state index contributed by atoms with van der Waals surface area (Å²) in [6.45, 7) is 4.11. The van der Waals surface area contributed by atoms with Gasteiger partial charge in [0.05, 0.1) is 9.80 Å².